The smallest absolute Gasteiger partial charge is 0.242 e. The maximum Gasteiger partial charge on any atom is 0.242 e. The largest absolute Gasteiger partial charge is 0.361 e. The average molecular weight is 472 g/mol. The summed E-state index contributed by atoms with van der Waals surface area (Å²) in [5.41, 5.74) is 3.02. The van der Waals surface area contributed by atoms with Gasteiger partial charge >= 0.3 is 0 Å². The number of hydrogen-bond acceptors (Lipinski definition) is 4. The van der Waals surface area contributed by atoms with Crippen LogP contribution >= 0.6 is 11.6 Å². The molecule has 0 spiro atoms. The molecule has 5 rings (SSSR count). The number of hydrogen-bond donors (Lipinski definition) is 3. The van der Waals surface area contributed by atoms with Crippen molar-refractivity contribution < 1.29 is 8.42 Å². The second-order valence-electron chi connectivity index (χ2n) is 8.39. The molecule has 0 atom stereocenters. The van der Waals surface area contributed by atoms with Crippen molar-refractivity contribution in [3.05, 3.63) is 59.4 Å². The Bertz CT molecular complexity index is 1340. The first-order valence-corrected chi connectivity index (χ1v) is 12.8. The molecule has 2 aromatic carbocycles. The van der Waals surface area contributed by atoms with Crippen molar-refractivity contribution in [2.24, 2.45) is 0 Å². The summed E-state index contributed by atoms with van der Waals surface area (Å²) in [4.78, 5) is 6.02. The summed E-state index contributed by atoms with van der Waals surface area (Å²) in [7, 11) is -3.58. The number of aromatic amines is 2. The van der Waals surface area contributed by atoms with Gasteiger partial charge in [-0.05, 0) is 74.6 Å². The van der Waals surface area contributed by atoms with E-state index in [0.29, 0.717) is 18.0 Å². The van der Waals surface area contributed by atoms with Crippen molar-refractivity contribution in [3.63, 3.8) is 0 Å². The lowest BCUT2D eigenvalue weighted by Gasteiger charge is -2.32. The average Bonchev–Trinajstić information content (AvgIpc) is 3.43. The minimum atomic E-state index is -3.58. The third-order valence-corrected chi connectivity index (χ3v) is 8.11. The van der Waals surface area contributed by atoms with Crippen LogP contribution in [0.15, 0.2) is 53.7 Å². The number of nitrogens with zero attached hydrogens (tertiary/aromatic N) is 2. The molecule has 168 valence electrons. The zero-order valence-corrected chi connectivity index (χ0v) is 19.2. The van der Waals surface area contributed by atoms with E-state index in [0.717, 1.165) is 54.8 Å². The van der Waals surface area contributed by atoms with Gasteiger partial charge < -0.3 is 9.88 Å². The molecular weight excluding hydrogens is 446 g/mol. The monoisotopic (exact) mass is 471 g/mol. The molecule has 9 heteroatoms. The van der Waals surface area contributed by atoms with Crippen LogP contribution in [-0.4, -0.2) is 54.7 Å². The Labute approximate surface area is 192 Å². The number of halogens is 1. The van der Waals surface area contributed by atoms with E-state index in [1.807, 2.05) is 24.3 Å². The summed E-state index contributed by atoms with van der Waals surface area (Å²) in [6.45, 7) is 3.31. The number of likely N-dealkylation sites (tertiary alicyclic amines) is 1. The quantitative estimate of drug-likeness (QED) is 0.351. The van der Waals surface area contributed by atoms with E-state index in [1.165, 1.54) is 10.9 Å². The van der Waals surface area contributed by atoms with E-state index in [9.17, 15) is 8.42 Å². The van der Waals surface area contributed by atoms with Crippen molar-refractivity contribution in [2.45, 2.75) is 30.1 Å². The van der Waals surface area contributed by atoms with Crippen LogP contribution in [0.25, 0.3) is 21.8 Å². The van der Waals surface area contributed by atoms with Crippen molar-refractivity contribution >= 4 is 43.4 Å². The number of aromatic nitrogens is 3. The predicted octanol–water partition coefficient (Wildman–Crippen LogP) is 4.25. The number of fused-ring (bicyclic) bond motifs is 2. The van der Waals surface area contributed by atoms with Crippen LogP contribution < -0.4 is 4.72 Å². The maximum atomic E-state index is 12.7. The van der Waals surface area contributed by atoms with Gasteiger partial charge in [-0.2, -0.15) is 5.10 Å². The fraction of sp³-hybridized carbons (Fsp3) is 0.348. The zero-order chi connectivity index (χ0) is 22.1. The maximum absolute atomic E-state index is 12.7. The topological polar surface area (TPSA) is 93.9 Å². The van der Waals surface area contributed by atoms with Crippen molar-refractivity contribution in [3.8, 4) is 0 Å². The Morgan fingerprint density at radius 1 is 1.19 bits per heavy atom. The van der Waals surface area contributed by atoms with Gasteiger partial charge in [0, 0.05) is 34.1 Å². The Morgan fingerprint density at radius 3 is 2.88 bits per heavy atom. The zero-order valence-electron chi connectivity index (χ0n) is 17.6. The molecule has 0 radical (unpaired) electrons. The molecule has 0 saturated carbocycles. The number of nitrogens with one attached hydrogen (secondary N) is 3. The Kier molecular flexibility index (Phi) is 5.94. The molecule has 0 bridgehead atoms. The molecular formula is C23H26ClN5O2S. The van der Waals surface area contributed by atoms with Gasteiger partial charge in [0.25, 0.3) is 0 Å². The van der Waals surface area contributed by atoms with E-state index in [4.69, 9.17) is 11.6 Å². The summed E-state index contributed by atoms with van der Waals surface area (Å²) in [5, 5.41) is 9.50. The summed E-state index contributed by atoms with van der Waals surface area (Å²) < 4.78 is 28.2. The third kappa shape index (κ3) is 4.28. The molecule has 0 aliphatic carbocycles. The molecule has 3 heterocycles. The van der Waals surface area contributed by atoms with Crippen molar-refractivity contribution in [2.75, 3.05) is 26.2 Å². The highest BCUT2D eigenvalue weighted by molar-refractivity contribution is 7.89. The highest BCUT2D eigenvalue weighted by Gasteiger charge is 2.23. The lowest BCUT2D eigenvalue weighted by atomic mass is 9.89. The molecule has 1 fully saturated rings. The SMILES string of the molecule is O=S(=O)(NCCCN1CCC(c2c[nH]c3ccc(Cl)cc23)CC1)c1cccc2cn[nH]c12. The van der Waals surface area contributed by atoms with Gasteiger partial charge in [0.2, 0.25) is 10.0 Å². The summed E-state index contributed by atoms with van der Waals surface area (Å²) >= 11 is 6.20. The number of para-hydroxylation sites is 1. The lowest BCUT2D eigenvalue weighted by Crippen LogP contribution is -2.35. The van der Waals surface area contributed by atoms with Crippen molar-refractivity contribution in [1.82, 2.24) is 24.8 Å². The molecule has 1 saturated heterocycles. The van der Waals surface area contributed by atoms with Gasteiger partial charge in [0.05, 0.1) is 11.7 Å². The number of sulfonamides is 1. The van der Waals surface area contributed by atoms with E-state index < -0.39 is 10.0 Å². The van der Waals surface area contributed by atoms with E-state index >= 15 is 0 Å². The van der Waals surface area contributed by atoms with Gasteiger partial charge in [-0.25, -0.2) is 13.1 Å². The normalized spacial score (nSPS) is 16.3. The second kappa shape index (κ2) is 8.86. The summed E-state index contributed by atoms with van der Waals surface area (Å²) in [5.74, 6) is 0.520. The first kappa shape index (κ1) is 21.5. The number of rotatable bonds is 7. The Morgan fingerprint density at radius 2 is 2.03 bits per heavy atom. The molecule has 0 amide bonds. The highest BCUT2D eigenvalue weighted by atomic mass is 35.5. The minimum Gasteiger partial charge on any atom is -0.361 e. The molecule has 1 aliphatic rings. The van der Waals surface area contributed by atoms with Gasteiger partial charge in [-0.1, -0.05) is 23.7 Å². The number of benzene rings is 2. The fourth-order valence-corrected chi connectivity index (χ4v) is 6.10. The van der Waals surface area contributed by atoms with E-state index in [2.05, 4.69) is 31.0 Å². The van der Waals surface area contributed by atoms with Gasteiger partial charge in [-0.15, -0.1) is 0 Å². The molecule has 32 heavy (non-hydrogen) atoms. The number of H-pyrrole nitrogens is 2. The third-order valence-electron chi connectivity index (χ3n) is 6.37. The lowest BCUT2D eigenvalue weighted by molar-refractivity contribution is 0.211. The summed E-state index contributed by atoms with van der Waals surface area (Å²) in [6, 6.07) is 11.2. The van der Waals surface area contributed by atoms with E-state index in [1.54, 1.807) is 18.3 Å². The first-order chi connectivity index (χ1) is 15.5. The second-order valence-corrected chi connectivity index (χ2v) is 10.6. The molecule has 1 aliphatic heterocycles. The van der Waals surface area contributed by atoms with Gasteiger partial charge in [0.15, 0.2) is 0 Å². The highest BCUT2D eigenvalue weighted by Crippen LogP contribution is 2.34. The van der Waals surface area contributed by atoms with Crippen molar-refractivity contribution in [1.29, 1.82) is 0 Å². The predicted molar refractivity (Wildman–Crippen MR) is 128 cm³/mol. The minimum absolute atomic E-state index is 0.243. The standard InChI is InChI=1S/C23H26ClN5O2S/c24-18-5-6-21-19(13-18)20(15-25-21)16-7-11-29(12-8-16)10-2-9-27-32(30,31)22-4-1-3-17-14-26-28-23(17)22/h1,3-6,13-16,25,27H,2,7-12H2,(H,26,28). The first-order valence-electron chi connectivity index (χ1n) is 10.9. The van der Waals surface area contributed by atoms with Gasteiger partial charge in [-0.3, -0.25) is 5.10 Å². The van der Waals surface area contributed by atoms with Crippen LogP contribution in [-0.2, 0) is 10.0 Å². The molecule has 2 aromatic heterocycles. The molecule has 4 aromatic rings. The molecule has 0 unspecified atom stereocenters. The fourth-order valence-electron chi connectivity index (χ4n) is 4.67. The van der Waals surface area contributed by atoms with Crippen LogP contribution in [0.5, 0.6) is 0 Å². The Hall–Kier alpha value is -2.39. The molecule has 7 nitrogen and oxygen atoms in total. The van der Waals surface area contributed by atoms with Crippen LogP contribution in [0.2, 0.25) is 5.02 Å². The van der Waals surface area contributed by atoms with E-state index in [-0.39, 0.29) is 4.90 Å². The molecule has 3 N–H and O–H groups in total. The van der Waals surface area contributed by atoms with Gasteiger partial charge in [0.1, 0.15) is 4.90 Å². The number of piperidine rings is 1. The summed E-state index contributed by atoms with van der Waals surface area (Å²) in [6.07, 6.45) is 6.70. The van der Waals surface area contributed by atoms with Crippen LogP contribution in [0.3, 0.4) is 0 Å². The Balaban J connectivity index is 1.12. The van der Waals surface area contributed by atoms with Crippen LogP contribution in [0, 0.1) is 0 Å². The van der Waals surface area contributed by atoms with Crippen LogP contribution in [0.1, 0.15) is 30.7 Å². The van der Waals surface area contributed by atoms with Crippen LogP contribution in [0.4, 0.5) is 0 Å².